The second kappa shape index (κ2) is 10.3. The highest BCUT2D eigenvalue weighted by atomic mass is 32.2. The fourth-order valence-electron chi connectivity index (χ4n) is 4.32. The fraction of sp³-hybridized carbons (Fsp3) is 0.269. The fourth-order valence-corrected chi connectivity index (χ4v) is 5.75. The van der Waals surface area contributed by atoms with Crippen LogP contribution in [0.1, 0.15) is 42.5 Å². The summed E-state index contributed by atoms with van der Waals surface area (Å²) in [5.74, 6) is -0.513. The monoisotopic (exact) mass is 493 g/mol. The molecule has 1 unspecified atom stereocenters. The average Bonchev–Trinajstić information content (AvgIpc) is 2.87. The molecule has 35 heavy (non-hydrogen) atoms. The van der Waals surface area contributed by atoms with Gasteiger partial charge in [-0.15, -0.1) is 0 Å². The molecule has 0 heterocycles. The molecule has 1 aliphatic rings. The Morgan fingerprint density at radius 1 is 1.00 bits per heavy atom. The molecule has 8 nitrogen and oxygen atoms in total. The molecule has 0 saturated carbocycles. The van der Waals surface area contributed by atoms with Crippen LogP contribution < -0.4 is 9.62 Å². The molecular formula is C26H27N3O5S. The normalized spacial score (nSPS) is 14.0. The second-order valence-corrected chi connectivity index (χ2v) is 10.5. The van der Waals surface area contributed by atoms with Gasteiger partial charge in [-0.3, -0.25) is 19.2 Å². The molecule has 4 rings (SSSR count). The van der Waals surface area contributed by atoms with Crippen LogP contribution in [-0.2, 0) is 27.7 Å². The molecule has 1 atom stereocenters. The molecule has 0 spiro atoms. The van der Waals surface area contributed by atoms with Crippen molar-refractivity contribution in [2.75, 3.05) is 10.8 Å². The van der Waals surface area contributed by atoms with Gasteiger partial charge in [0.25, 0.3) is 15.7 Å². The predicted molar refractivity (Wildman–Crippen MR) is 134 cm³/mol. The molecule has 0 bridgehead atoms. The second-order valence-electron chi connectivity index (χ2n) is 8.63. The first-order valence-electron chi connectivity index (χ1n) is 11.5. The number of nitrogens with zero attached hydrogens (tertiary/aromatic N) is 2. The number of anilines is 1. The van der Waals surface area contributed by atoms with E-state index in [-0.39, 0.29) is 22.3 Å². The van der Waals surface area contributed by atoms with Crippen LogP contribution in [0.4, 0.5) is 11.4 Å². The highest BCUT2D eigenvalue weighted by molar-refractivity contribution is 7.92. The van der Waals surface area contributed by atoms with E-state index in [4.69, 9.17) is 0 Å². The van der Waals surface area contributed by atoms with Crippen LogP contribution in [0.15, 0.2) is 77.7 Å². The van der Waals surface area contributed by atoms with Gasteiger partial charge in [0.15, 0.2) is 0 Å². The van der Waals surface area contributed by atoms with Crippen LogP contribution in [-0.4, -0.2) is 25.8 Å². The molecule has 0 radical (unpaired) electrons. The van der Waals surface area contributed by atoms with E-state index in [0.717, 1.165) is 35.2 Å². The Labute approximate surface area is 204 Å². The molecule has 0 fully saturated rings. The maximum absolute atomic E-state index is 13.4. The Morgan fingerprint density at radius 2 is 1.71 bits per heavy atom. The van der Waals surface area contributed by atoms with E-state index in [0.29, 0.717) is 0 Å². The summed E-state index contributed by atoms with van der Waals surface area (Å²) in [5, 5.41) is 14.2. The summed E-state index contributed by atoms with van der Waals surface area (Å²) in [5.41, 5.74) is 3.36. The Hall–Kier alpha value is -3.72. The van der Waals surface area contributed by atoms with Crippen LogP contribution in [0.3, 0.4) is 0 Å². The summed E-state index contributed by atoms with van der Waals surface area (Å²) >= 11 is 0. The molecule has 1 aliphatic carbocycles. The van der Waals surface area contributed by atoms with Crippen molar-refractivity contribution >= 4 is 27.3 Å². The standard InChI is InChI=1S/C26H27N3O5S/c1-19(21-15-14-20-8-5-6-9-22(20)16-21)27-26(30)18-28(23-10-7-11-24(17-23)29(31)32)35(33,34)25-12-3-2-4-13-25/h2-4,7,10-17,19H,5-6,8-9,18H2,1H3,(H,27,30). The molecule has 3 aromatic carbocycles. The van der Waals surface area contributed by atoms with Crippen LogP contribution in [0.2, 0.25) is 0 Å². The number of nitro groups is 1. The first-order valence-corrected chi connectivity index (χ1v) is 12.9. The quantitative estimate of drug-likeness (QED) is 0.366. The van der Waals surface area contributed by atoms with Gasteiger partial charge in [0.05, 0.1) is 21.5 Å². The number of carbonyl (C=O) groups is 1. The number of rotatable bonds is 8. The molecule has 0 saturated heterocycles. The summed E-state index contributed by atoms with van der Waals surface area (Å²) in [7, 11) is -4.15. The molecule has 0 aromatic heterocycles. The number of non-ortho nitro benzene ring substituents is 1. The van der Waals surface area contributed by atoms with Crippen molar-refractivity contribution in [3.05, 3.63) is 99.6 Å². The molecule has 1 N–H and O–H groups in total. The highest BCUT2D eigenvalue weighted by Crippen LogP contribution is 2.28. The maximum atomic E-state index is 13.4. The van der Waals surface area contributed by atoms with E-state index in [1.165, 1.54) is 47.9 Å². The van der Waals surface area contributed by atoms with Gasteiger partial charge in [-0.1, -0.05) is 42.5 Å². The van der Waals surface area contributed by atoms with Gasteiger partial charge < -0.3 is 5.32 Å². The Morgan fingerprint density at radius 3 is 2.43 bits per heavy atom. The molecule has 0 aliphatic heterocycles. The lowest BCUT2D eigenvalue weighted by Crippen LogP contribution is -2.41. The minimum atomic E-state index is -4.15. The number of sulfonamides is 1. The van der Waals surface area contributed by atoms with E-state index in [1.807, 2.05) is 13.0 Å². The van der Waals surface area contributed by atoms with Crippen LogP contribution >= 0.6 is 0 Å². The highest BCUT2D eigenvalue weighted by Gasteiger charge is 2.28. The molecule has 3 aromatic rings. The number of fused-ring (bicyclic) bond motifs is 1. The van der Waals surface area contributed by atoms with Gasteiger partial charge in [0.1, 0.15) is 6.54 Å². The van der Waals surface area contributed by atoms with Gasteiger partial charge in [-0.2, -0.15) is 0 Å². The molecule has 9 heteroatoms. The van der Waals surface area contributed by atoms with Crippen molar-refractivity contribution in [3.63, 3.8) is 0 Å². The van der Waals surface area contributed by atoms with Gasteiger partial charge >= 0.3 is 0 Å². The predicted octanol–water partition coefficient (Wildman–Crippen LogP) is 4.55. The van der Waals surface area contributed by atoms with Crippen molar-refractivity contribution in [2.45, 2.75) is 43.5 Å². The largest absolute Gasteiger partial charge is 0.348 e. The van der Waals surface area contributed by atoms with Gasteiger partial charge in [-0.05, 0) is 67.5 Å². The van der Waals surface area contributed by atoms with Gasteiger partial charge in [-0.25, -0.2) is 8.42 Å². The van der Waals surface area contributed by atoms with Gasteiger partial charge in [0, 0.05) is 12.1 Å². The number of hydrogen-bond acceptors (Lipinski definition) is 5. The summed E-state index contributed by atoms with van der Waals surface area (Å²) in [6.45, 7) is 1.33. The van der Waals surface area contributed by atoms with Crippen molar-refractivity contribution in [1.82, 2.24) is 5.32 Å². The number of benzene rings is 3. The number of carbonyl (C=O) groups excluding carboxylic acids is 1. The number of aryl methyl sites for hydroxylation is 2. The van der Waals surface area contributed by atoms with Crippen molar-refractivity contribution in [3.8, 4) is 0 Å². The molecule has 182 valence electrons. The Balaban J connectivity index is 1.60. The lowest BCUT2D eigenvalue weighted by molar-refractivity contribution is -0.384. The average molecular weight is 494 g/mol. The molecule has 1 amide bonds. The van der Waals surface area contributed by atoms with Crippen LogP contribution in [0, 0.1) is 10.1 Å². The third-order valence-electron chi connectivity index (χ3n) is 6.20. The van der Waals surface area contributed by atoms with Crippen molar-refractivity contribution in [2.24, 2.45) is 0 Å². The van der Waals surface area contributed by atoms with Crippen molar-refractivity contribution in [1.29, 1.82) is 0 Å². The third kappa shape index (κ3) is 5.51. The van der Waals surface area contributed by atoms with E-state index in [9.17, 15) is 23.3 Å². The zero-order chi connectivity index (χ0) is 25.0. The Kier molecular flexibility index (Phi) is 7.16. The first kappa shape index (κ1) is 24.4. The number of nitro benzene ring substituents is 1. The first-order chi connectivity index (χ1) is 16.8. The molecular weight excluding hydrogens is 466 g/mol. The van der Waals surface area contributed by atoms with E-state index >= 15 is 0 Å². The number of amides is 1. The van der Waals surface area contributed by atoms with Crippen molar-refractivity contribution < 1.29 is 18.1 Å². The van der Waals surface area contributed by atoms with Crippen LogP contribution in [0.25, 0.3) is 0 Å². The number of hydrogen-bond donors (Lipinski definition) is 1. The smallest absolute Gasteiger partial charge is 0.271 e. The summed E-state index contributed by atoms with van der Waals surface area (Å²) in [4.78, 5) is 23.7. The third-order valence-corrected chi connectivity index (χ3v) is 7.99. The van der Waals surface area contributed by atoms with E-state index < -0.39 is 27.4 Å². The lowest BCUT2D eigenvalue weighted by atomic mass is 9.89. The maximum Gasteiger partial charge on any atom is 0.271 e. The number of nitrogens with one attached hydrogen (secondary N) is 1. The summed E-state index contributed by atoms with van der Waals surface area (Å²) in [6, 6.07) is 18.8. The summed E-state index contributed by atoms with van der Waals surface area (Å²) < 4.78 is 27.8. The van der Waals surface area contributed by atoms with Crippen LogP contribution in [0.5, 0.6) is 0 Å². The lowest BCUT2D eigenvalue weighted by Gasteiger charge is -2.25. The minimum absolute atomic E-state index is 0.0120. The topological polar surface area (TPSA) is 110 Å². The SMILES string of the molecule is CC(NC(=O)CN(c1cccc([N+](=O)[O-])c1)S(=O)(=O)c1ccccc1)c1ccc2c(c1)CCCC2. The zero-order valence-corrected chi connectivity index (χ0v) is 20.2. The minimum Gasteiger partial charge on any atom is -0.348 e. The van der Waals surface area contributed by atoms with E-state index in [2.05, 4.69) is 17.4 Å². The zero-order valence-electron chi connectivity index (χ0n) is 19.4. The Bertz CT molecular complexity index is 1340. The van der Waals surface area contributed by atoms with E-state index in [1.54, 1.807) is 18.2 Å². The summed E-state index contributed by atoms with van der Waals surface area (Å²) in [6.07, 6.45) is 4.40. The van der Waals surface area contributed by atoms with Gasteiger partial charge in [0.2, 0.25) is 5.91 Å².